The number of rotatable bonds is 10. The largest absolute Gasteiger partial charge is 0.497 e. The summed E-state index contributed by atoms with van der Waals surface area (Å²) in [5.41, 5.74) is 2.05. The van der Waals surface area contributed by atoms with E-state index in [9.17, 15) is 9.59 Å². The maximum absolute atomic E-state index is 13.2. The van der Waals surface area contributed by atoms with Gasteiger partial charge in [0.15, 0.2) is 6.61 Å². The van der Waals surface area contributed by atoms with Gasteiger partial charge in [-0.2, -0.15) is 0 Å². The average Bonchev–Trinajstić information content (AvgIpc) is 2.77. The maximum atomic E-state index is 13.2. The third kappa shape index (κ3) is 6.72. The molecule has 0 aliphatic heterocycles. The molecule has 0 aromatic heterocycles. The maximum Gasteiger partial charge on any atom is 0.261 e. The van der Waals surface area contributed by atoms with Gasteiger partial charge < -0.3 is 19.7 Å². The minimum atomic E-state index is -0.598. The SMILES string of the molecule is CCC(C(=O)NC)N(Cc1cccc(OC)c1)C(=O)COc1ccc(C(C)C)cc1Br. The predicted octanol–water partition coefficient (Wildman–Crippen LogP) is 4.51. The quantitative estimate of drug-likeness (QED) is 0.531. The highest BCUT2D eigenvalue weighted by molar-refractivity contribution is 9.10. The van der Waals surface area contributed by atoms with E-state index in [1.807, 2.05) is 49.4 Å². The second-order valence-electron chi connectivity index (χ2n) is 7.54. The smallest absolute Gasteiger partial charge is 0.261 e. The molecule has 0 radical (unpaired) electrons. The number of carbonyl (C=O) groups is 2. The van der Waals surface area contributed by atoms with Crippen LogP contribution in [0.2, 0.25) is 0 Å². The van der Waals surface area contributed by atoms with Crippen molar-refractivity contribution in [3.05, 3.63) is 58.1 Å². The van der Waals surface area contributed by atoms with Gasteiger partial charge in [0.1, 0.15) is 17.5 Å². The molecule has 0 saturated heterocycles. The molecular formula is C24H31BrN2O4. The fourth-order valence-electron chi connectivity index (χ4n) is 3.27. The van der Waals surface area contributed by atoms with Crippen LogP contribution in [0.15, 0.2) is 46.9 Å². The number of nitrogens with one attached hydrogen (secondary N) is 1. The van der Waals surface area contributed by atoms with Crippen molar-refractivity contribution in [2.75, 3.05) is 20.8 Å². The van der Waals surface area contributed by atoms with E-state index < -0.39 is 6.04 Å². The summed E-state index contributed by atoms with van der Waals surface area (Å²) < 4.78 is 11.9. The van der Waals surface area contributed by atoms with Crippen molar-refractivity contribution >= 4 is 27.7 Å². The summed E-state index contributed by atoms with van der Waals surface area (Å²) in [4.78, 5) is 27.2. The fraction of sp³-hybridized carbons (Fsp3) is 0.417. The van der Waals surface area contributed by atoms with Crippen LogP contribution in [0.4, 0.5) is 0 Å². The highest BCUT2D eigenvalue weighted by Gasteiger charge is 2.28. The van der Waals surface area contributed by atoms with Crippen molar-refractivity contribution < 1.29 is 19.1 Å². The number of amides is 2. The molecular weight excluding hydrogens is 460 g/mol. The molecule has 7 heteroatoms. The Morgan fingerprint density at radius 2 is 1.90 bits per heavy atom. The van der Waals surface area contributed by atoms with Crippen LogP contribution >= 0.6 is 15.9 Å². The molecule has 1 unspecified atom stereocenters. The van der Waals surface area contributed by atoms with E-state index in [4.69, 9.17) is 9.47 Å². The second-order valence-corrected chi connectivity index (χ2v) is 8.40. The van der Waals surface area contributed by atoms with Gasteiger partial charge in [-0.1, -0.05) is 39.0 Å². The normalized spacial score (nSPS) is 11.7. The van der Waals surface area contributed by atoms with E-state index in [1.54, 1.807) is 19.1 Å². The lowest BCUT2D eigenvalue weighted by molar-refractivity contribution is -0.142. The van der Waals surface area contributed by atoms with Crippen LogP contribution in [-0.2, 0) is 16.1 Å². The molecule has 0 fully saturated rings. The van der Waals surface area contributed by atoms with Crippen LogP contribution in [0, 0.1) is 0 Å². The molecule has 2 aromatic rings. The van der Waals surface area contributed by atoms with Crippen LogP contribution in [-0.4, -0.2) is 43.5 Å². The molecule has 0 saturated carbocycles. The molecule has 1 N–H and O–H groups in total. The van der Waals surface area contributed by atoms with Gasteiger partial charge in [0, 0.05) is 13.6 Å². The number of halogens is 1. The Balaban J connectivity index is 2.22. The molecule has 1 atom stereocenters. The van der Waals surface area contributed by atoms with Crippen molar-refractivity contribution in [2.45, 2.75) is 45.7 Å². The first kappa shape index (κ1) is 24.7. The van der Waals surface area contributed by atoms with E-state index in [-0.39, 0.29) is 25.0 Å². The van der Waals surface area contributed by atoms with E-state index in [2.05, 4.69) is 35.1 Å². The summed E-state index contributed by atoms with van der Waals surface area (Å²) in [6, 6.07) is 12.7. The Morgan fingerprint density at radius 1 is 1.16 bits per heavy atom. The number of hydrogen-bond acceptors (Lipinski definition) is 4. The Hall–Kier alpha value is -2.54. The molecule has 0 aliphatic carbocycles. The lowest BCUT2D eigenvalue weighted by Gasteiger charge is -2.30. The van der Waals surface area contributed by atoms with Crippen molar-refractivity contribution in [3.63, 3.8) is 0 Å². The van der Waals surface area contributed by atoms with Crippen LogP contribution in [0.3, 0.4) is 0 Å². The minimum Gasteiger partial charge on any atom is -0.497 e. The highest BCUT2D eigenvalue weighted by atomic mass is 79.9. The average molecular weight is 491 g/mol. The summed E-state index contributed by atoms with van der Waals surface area (Å²) in [6.45, 7) is 6.22. The summed E-state index contributed by atoms with van der Waals surface area (Å²) in [6.07, 6.45) is 0.488. The molecule has 0 aliphatic rings. The zero-order valence-corrected chi connectivity index (χ0v) is 20.4. The number of nitrogens with zero attached hydrogens (tertiary/aromatic N) is 1. The number of carbonyl (C=O) groups excluding carboxylic acids is 2. The molecule has 168 valence electrons. The van der Waals surface area contributed by atoms with Crippen molar-refractivity contribution in [1.29, 1.82) is 0 Å². The molecule has 2 aromatic carbocycles. The van der Waals surface area contributed by atoms with Crippen LogP contribution in [0.5, 0.6) is 11.5 Å². The van der Waals surface area contributed by atoms with Crippen molar-refractivity contribution in [3.8, 4) is 11.5 Å². The minimum absolute atomic E-state index is 0.170. The first-order valence-corrected chi connectivity index (χ1v) is 11.2. The Morgan fingerprint density at radius 3 is 2.48 bits per heavy atom. The van der Waals surface area contributed by atoms with Gasteiger partial charge in [0.25, 0.3) is 5.91 Å². The third-order valence-electron chi connectivity index (χ3n) is 5.09. The van der Waals surface area contributed by atoms with E-state index in [0.717, 1.165) is 10.0 Å². The van der Waals surface area contributed by atoms with Gasteiger partial charge in [-0.05, 0) is 63.7 Å². The molecule has 0 bridgehead atoms. The van der Waals surface area contributed by atoms with Crippen LogP contribution in [0.1, 0.15) is 44.2 Å². The number of hydrogen-bond donors (Lipinski definition) is 1. The second kappa shape index (κ2) is 11.7. The topological polar surface area (TPSA) is 67.9 Å². The summed E-state index contributed by atoms with van der Waals surface area (Å²) >= 11 is 3.52. The Bertz CT molecular complexity index is 901. The summed E-state index contributed by atoms with van der Waals surface area (Å²) in [5, 5.41) is 2.65. The van der Waals surface area contributed by atoms with Crippen molar-refractivity contribution in [2.24, 2.45) is 0 Å². The standard InChI is InChI=1S/C24H31BrN2O4/c1-6-21(24(29)26-4)27(14-17-8-7-9-19(12-17)30-5)23(28)15-31-22-11-10-18(16(2)3)13-20(22)25/h7-13,16,21H,6,14-15H2,1-5H3,(H,26,29). The number of likely N-dealkylation sites (N-methyl/N-ethyl adjacent to an activating group) is 1. The van der Waals surface area contributed by atoms with Crippen LogP contribution in [0.25, 0.3) is 0 Å². The Kier molecular flexibility index (Phi) is 9.37. The first-order valence-electron chi connectivity index (χ1n) is 10.4. The fourth-order valence-corrected chi connectivity index (χ4v) is 3.78. The highest BCUT2D eigenvalue weighted by Crippen LogP contribution is 2.29. The first-order chi connectivity index (χ1) is 14.8. The van der Waals surface area contributed by atoms with Gasteiger partial charge in [-0.3, -0.25) is 9.59 Å². The van der Waals surface area contributed by atoms with Crippen molar-refractivity contribution in [1.82, 2.24) is 10.2 Å². The molecule has 0 spiro atoms. The molecule has 0 heterocycles. The zero-order valence-electron chi connectivity index (χ0n) is 18.8. The number of benzene rings is 2. The monoisotopic (exact) mass is 490 g/mol. The van der Waals surface area contributed by atoms with E-state index in [0.29, 0.717) is 23.8 Å². The van der Waals surface area contributed by atoms with Gasteiger partial charge >= 0.3 is 0 Å². The Labute approximate surface area is 193 Å². The predicted molar refractivity (Wildman–Crippen MR) is 125 cm³/mol. The third-order valence-corrected chi connectivity index (χ3v) is 5.71. The number of methoxy groups -OCH3 is 1. The molecule has 6 nitrogen and oxygen atoms in total. The molecule has 31 heavy (non-hydrogen) atoms. The zero-order chi connectivity index (χ0) is 23.0. The van der Waals surface area contributed by atoms with Gasteiger partial charge in [-0.25, -0.2) is 0 Å². The van der Waals surface area contributed by atoms with E-state index >= 15 is 0 Å². The number of ether oxygens (including phenoxy) is 2. The van der Waals surface area contributed by atoms with Gasteiger partial charge in [0.05, 0.1) is 11.6 Å². The summed E-state index contributed by atoms with van der Waals surface area (Å²) in [5.74, 6) is 1.21. The lowest BCUT2D eigenvalue weighted by Crippen LogP contribution is -2.49. The summed E-state index contributed by atoms with van der Waals surface area (Å²) in [7, 11) is 3.17. The van der Waals surface area contributed by atoms with Crippen LogP contribution < -0.4 is 14.8 Å². The van der Waals surface area contributed by atoms with Gasteiger partial charge in [0.2, 0.25) is 5.91 Å². The lowest BCUT2D eigenvalue weighted by atomic mass is 10.0. The molecule has 2 amide bonds. The van der Waals surface area contributed by atoms with E-state index in [1.165, 1.54) is 5.56 Å². The van der Waals surface area contributed by atoms with Gasteiger partial charge in [-0.15, -0.1) is 0 Å². The molecule has 2 rings (SSSR count).